The second-order valence-electron chi connectivity index (χ2n) is 4.99. The SMILES string of the molecule is Br.CCOc1ccc2nc(SCC(=O)c3ccc(Cl)c(Cl)c3)[nH]c2c1. The van der Waals surface area contributed by atoms with E-state index in [1.807, 2.05) is 25.1 Å². The molecule has 0 aliphatic heterocycles. The smallest absolute Gasteiger partial charge is 0.173 e. The first kappa shape index (κ1) is 20.1. The van der Waals surface area contributed by atoms with Crippen LogP contribution in [0, 0.1) is 0 Å². The van der Waals surface area contributed by atoms with Gasteiger partial charge in [0.05, 0.1) is 33.4 Å². The monoisotopic (exact) mass is 460 g/mol. The van der Waals surface area contributed by atoms with E-state index in [0.29, 0.717) is 27.4 Å². The number of benzene rings is 2. The molecule has 4 nitrogen and oxygen atoms in total. The van der Waals surface area contributed by atoms with Gasteiger partial charge in [-0.1, -0.05) is 35.0 Å². The van der Waals surface area contributed by atoms with Crippen molar-refractivity contribution in [2.24, 2.45) is 0 Å². The van der Waals surface area contributed by atoms with Gasteiger partial charge in [0.25, 0.3) is 0 Å². The molecule has 0 unspecified atom stereocenters. The third-order valence-corrected chi connectivity index (χ3v) is 4.94. The van der Waals surface area contributed by atoms with Crippen LogP contribution in [0.5, 0.6) is 5.75 Å². The molecule has 0 atom stereocenters. The highest BCUT2D eigenvalue weighted by atomic mass is 79.9. The number of hydrogen-bond donors (Lipinski definition) is 1. The average Bonchev–Trinajstić information content (AvgIpc) is 2.97. The van der Waals surface area contributed by atoms with Crippen molar-refractivity contribution >= 4 is 68.8 Å². The zero-order valence-corrected chi connectivity index (χ0v) is 17.3. The van der Waals surface area contributed by atoms with Crippen molar-refractivity contribution in [3.05, 3.63) is 52.0 Å². The molecule has 3 aromatic rings. The van der Waals surface area contributed by atoms with Crippen LogP contribution < -0.4 is 4.74 Å². The van der Waals surface area contributed by atoms with Crippen molar-refractivity contribution in [2.45, 2.75) is 12.1 Å². The molecule has 1 heterocycles. The molecule has 1 aromatic heterocycles. The zero-order valence-electron chi connectivity index (χ0n) is 13.2. The Kier molecular flexibility index (Phi) is 7.19. The van der Waals surface area contributed by atoms with E-state index in [1.54, 1.807) is 18.2 Å². The Hall–Kier alpha value is -1.21. The number of imidazole rings is 1. The number of nitrogens with zero attached hydrogens (tertiary/aromatic N) is 1. The van der Waals surface area contributed by atoms with Gasteiger partial charge in [0.2, 0.25) is 0 Å². The summed E-state index contributed by atoms with van der Waals surface area (Å²) in [5.74, 6) is 1.02. The highest BCUT2D eigenvalue weighted by Crippen LogP contribution is 2.26. The molecular weight excluding hydrogens is 447 g/mol. The number of carbonyl (C=O) groups excluding carboxylic acids is 1. The summed E-state index contributed by atoms with van der Waals surface area (Å²) in [7, 11) is 0. The Morgan fingerprint density at radius 3 is 2.72 bits per heavy atom. The van der Waals surface area contributed by atoms with E-state index >= 15 is 0 Å². The maximum Gasteiger partial charge on any atom is 0.173 e. The molecule has 0 bridgehead atoms. The van der Waals surface area contributed by atoms with E-state index in [9.17, 15) is 4.79 Å². The van der Waals surface area contributed by atoms with Gasteiger partial charge in [-0.15, -0.1) is 17.0 Å². The largest absolute Gasteiger partial charge is 0.494 e. The molecule has 0 radical (unpaired) electrons. The highest BCUT2D eigenvalue weighted by molar-refractivity contribution is 8.93. The van der Waals surface area contributed by atoms with Gasteiger partial charge >= 0.3 is 0 Å². The van der Waals surface area contributed by atoms with E-state index in [-0.39, 0.29) is 28.5 Å². The molecule has 132 valence electrons. The minimum absolute atomic E-state index is 0. The Balaban J connectivity index is 0.00000225. The number of thioether (sulfide) groups is 1. The first-order valence-electron chi connectivity index (χ1n) is 7.30. The third kappa shape index (κ3) is 4.91. The summed E-state index contributed by atoms with van der Waals surface area (Å²) in [6, 6.07) is 10.5. The van der Waals surface area contributed by atoms with Crippen LogP contribution in [0.1, 0.15) is 17.3 Å². The van der Waals surface area contributed by atoms with Crippen LogP contribution in [0.4, 0.5) is 0 Å². The Labute approximate surface area is 170 Å². The first-order chi connectivity index (χ1) is 11.6. The van der Waals surface area contributed by atoms with Crippen molar-refractivity contribution in [1.29, 1.82) is 0 Å². The summed E-state index contributed by atoms with van der Waals surface area (Å²) < 4.78 is 5.47. The normalized spacial score (nSPS) is 10.5. The molecule has 0 fully saturated rings. The molecule has 3 rings (SSSR count). The van der Waals surface area contributed by atoms with E-state index < -0.39 is 0 Å². The zero-order chi connectivity index (χ0) is 17.1. The number of carbonyl (C=O) groups is 1. The number of ketones is 1. The number of aromatic amines is 1. The molecule has 25 heavy (non-hydrogen) atoms. The highest BCUT2D eigenvalue weighted by Gasteiger charge is 2.11. The fourth-order valence-electron chi connectivity index (χ4n) is 2.18. The number of rotatable bonds is 6. The predicted octanol–water partition coefficient (Wildman–Crippen LogP) is 5.82. The summed E-state index contributed by atoms with van der Waals surface area (Å²) in [6.45, 7) is 2.55. The molecule has 2 aromatic carbocycles. The van der Waals surface area contributed by atoms with Gasteiger partial charge in [-0.2, -0.15) is 0 Å². The van der Waals surface area contributed by atoms with Crippen LogP contribution >= 0.6 is 51.9 Å². The molecular formula is C17H15BrCl2N2O2S. The van der Waals surface area contributed by atoms with Gasteiger partial charge in [-0.25, -0.2) is 4.98 Å². The Morgan fingerprint density at radius 1 is 1.20 bits per heavy atom. The van der Waals surface area contributed by atoms with Gasteiger partial charge in [0.15, 0.2) is 10.9 Å². The van der Waals surface area contributed by atoms with Crippen molar-refractivity contribution in [3.8, 4) is 5.75 Å². The van der Waals surface area contributed by atoms with E-state index in [0.717, 1.165) is 16.8 Å². The van der Waals surface area contributed by atoms with E-state index in [2.05, 4.69) is 9.97 Å². The minimum Gasteiger partial charge on any atom is -0.494 e. The van der Waals surface area contributed by atoms with Crippen molar-refractivity contribution in [3.63, 3.8) is 0 Å². The molecule has 0 aliphatic rings. The molecule has 0 aliphatic carbocycles. The second kappa shape index (κ2) is 8.94. The van der Waals surface area contributed by atoms with E-state index in [1.165, 1.54) is 11.8 Å². The number of halogens is 3. The van der Waals surface area contributed by atoms with Crippen LogP contribution in [0.25, 0.3) is 11.0 Å². The lowest BCUT2D eigenvalue weighted by atomic mass is 10.1. The van der Waals surface area contributed by atoms with Crippen LogP contribution in [-0.4, -0.2) is 28.1 Å². The fraction of sp³-hybridized carbons (Fsp3) is 0.176. The number of hydrogen-bond acceptors (Lipinski definition) is 4. The number of H-pyrrole nitrogens is 1. The molecule has 0 saturated heterocycles. The topological polar surface area (TPSA) is 55.0 Å². The second-order valence-corrected chi connectivity index (χ2v) is 6.77. The van der Waals surface area contributed by atoms with Gasteiger partial charge in [0.1, 0.15) is 5.75 Å². The van der Waals surface area contributed by atoms with Crippen LogP contribution in [0.15, 0.2) is 41.6 Å². The third-order valence-electron chi connectivity index (χ3n) is 3.32. The standard InChI is InChI=1S/C17H14Cl2N2O2S.BrH/c1-2-23-11-4-6-14-15(8-11)21-17(20-14)24-9-16(22)10-3-5-12(18)13(19)7-10;/h3-8H,2,9H2,1H3,(H,20,21);1H. The summed E-state index contributed by atoms with van der Waals surface area (Å²) in [6.07, 6.45) is 0. The predicted molar refractivity (Wildman–Crippen MR) is 109 cm³/mol. The Morgan fingerprint density at radius 2 is 2.00 bits per heavy atom. The quantitative estimate of drug-likeness (QED) is 0.371. The van der Waals surface area contributed by atoms with Crippen LogP contribution in [-0.2, 0) is 0 Å². The summed E-state index contributed by atoms with van der Waals surface area (Å²) in [5.41, 5.74) is 2.25. The molecule has 1 N–H and O–H groups in total. The molecule has 0 saturated carbocycles. The maximum absolute atomic E-state index is 12.3. The number of ether oxygens (including phenoxy) is 1. The van der Waals surface area contributed by atoms with E-state index in [4.69, 9.17) is 27.9 Å². The van der Waals surface area contributed by atoms with Gasteiger partial charge in [-0.3, -0.25) is 4.79 Å². The van der Waals surface area contributed by atoms with Crippen molar-refractivity contribution in [2.75, 3.05) is 12.4 Å². The number of Topliss-reactive ketones (excluding diaryl/α,β-unsaturated/α-hetero) is 1. The maximum atomic E-state index is 12.3. The lowest BCUT2D eigenvalue weighted by molar-refractivity contribution is 0.102. The lowest BCUT2D eigenvalue weighted by Crippen LogP contribution is -2.02. The molecule has 0 spiro atoms. The Bertz CT molecular complexity index is 901. The fourth-order valence-corrected chi connectivity index (χ4v) is 3.25. The van der Waals surface area contributed by atoms with Gasteiger partial charge < -0.3 is 9.72 Å². The van der Waals surface area contributed by atoms with Crippen molar-refractivity contribution < 1.29 is 9.53 Å². The van der Waals surface area contributed by atoms with Gasteiger partial charge in [0, 0.05) is 11.6 Å². The van der Waals surface area contributed by atoms with Crippen LogP contribution in [0.3, 0.4) is 0 Å². The van der Waals surface area contributed by atoms with Crippen molar-refractivity contribution in [1.82, 2.24) is 9.97 Å². The lowest BCUT2D eigenvalue weighted by Gasteiger charge is -2.01. The first-order valence-corrected chi connectivity index (χ1v) is 9.04. The molecule has 8 heteroatoms. The summed E-state index contributed by atoms with van der Waals surface area (Å²) >= 11 is 13.2. The van der Waals surface area contributed by atoms with Crippen LogP contribution in [0.2, 0.25) is 10.0 Å². The summed E-state index contributed by atoms with van der Waals surface area (Å²) in [5, 5.41) is 1.50. The number of nitrogens with one attached hydrogen (secondary N) is 1. The van der Waals surface area contributed by atoms with Gasteiger partial charge in [-0.05, 0) is 37.3 Å². The minimum atomic E-state index is -0.0333. The average molecular weight is 462 g/mol. The number of aromatic nitrogens is 2. The molecule has 0 amide bonds. The summed E-state index contributed by atoms with van der Waals surface area (Å²) in [4.78, 5) is 19.9. The number of fused-ring (bicyclic) bond motifs is 1.